The molecule has 0 saturated carbocycles. The zero-order valence-corrected chi connectivity index (χ0v) is 11.7. The molecule has 0 aliphatic heterocycles. The molecule has 2 aromatic rings. The quantitative estimate of drug-likeness (QED) is 0.868. The monoisotopic (exact) mass is 275 g/mol. The molecule has 0 amide bonds. The van der Waals surface area contributed by atoms with Crippen LogP contribution in [0.4, 0.5) is 10.1 Å². The topological polar surface area (TPSA) is 30.5 Å². The van der Waals surface area contributed by atoms with Crippen LogP contribution in [0.5, 0.6) is 11.5 Å². The fourth-order valence-electron chi connectivity index (χ4n) is 1.84. The van der Waals surface area contributed by atoms with E-state index in [2.05, 4.69) is 5.32 Å². The molecule has 0 unspecified atom stereocenters. The van der Waals surface area contributed by atoms with Gasteiger partial charge in [0, 0.05) is 18.3 Å². The number of nitrogens with one attached hydrogen (secondary N) is 1. The van der Waals surface area contributed by atoms with E-state index in [9.17, 15) is 4.39 Å². The number of halogens is 1. The second-order valence-corrected chi connectivity index (χ2v) is 4.28. The molecule has 2 rings (SSSR count). The van der Waals surface area contributed by atoms with Crippen LogP contribution in [0, 0.1) is 5.82 Å². The van der Waals surface area contributed by atoms with Crippen molar-refractivity contribution in [3.05, 3.63) is 53.8 Å². The minimum absolute atomic E-state index is 0.238. The lowest BCUT2D eigenvalue weighted by Gasteiger charge is -2.09. The fourth-order valence-corrected chi connectivity index (χ4v) is 1.84. The SMILES string of the molecule is CCOc1ccc(CNc2ccc(F)c(OC)c2)cc1. The first-order valence-electron chi connectivity index (χ1n) is 6.52. The van der Waals surface area contributed by atoms with Crippen LogP contribution in [0.25, 0.3) is 0 Å². The highest BCUT2D eigenvalue weighted by Crippen LogP contribution is 2.22. The van der Waals surface area contributed by atoms with Crippen molar-refractivity contribution in [2.45, 2.75) is 13.5 Å². The van der Waals surface area contributed by atoms with Gasteiger partial charge in [-0.3, -0.25) is 0 Å². The number of ether oxygens (including phenoxy) is 2. The van der Waals surface area contributed by atoms with E-state index in [0.29, 0.717) is 13.2 Å². The molecular formula is C16H18FNO2. The van der Waals surface area contributed by atoms with Gasteiger partial charge in [-0.25, -0.2) is 4.39 Å². The minimum Gasteiger partial charge on any atom is -0.494 e. The third kappa shape index (κ3) is 3.63. The first kappa shape index (κ1) is 14.2. The van der Waals surface area contributed by atoms with Gasteiger partial charge in [-0.2, -0.15) is 0 Å². The van der Waals surface area contributed by atoms with E-state index in [0.717, 1.165) is 17.0 Å². The van der Waals surface area contributed by atoms with Crippen molar-refractivity contribution in [2.75, 3.05) is 19.0 Å². The van der Waals surface area contributed by atoms with Gasteiger partial charge in [-0.1, -0.05) is 12.1 Å². The van der Waals surface area contributed by atoms with Crippen LogP contribution in [0.1, 0.15) is 12.5 Å². The molecular weight excluding hydrogens is 257 g/mol. The van der Waals surface area contributed by atoms with Crippen LogP contribution in [0.3, 0.4) is 0 Å². The molecule has 106 valence electrons. The Kier molecular flexibility index (Phi) is 4.82. The van der Waals surface area contributed by atoms with Crippen LogP contribution in [-0.2, 0) is 6.54 Å². The highest BCUT2D eigenvalue weighted by molar-refractivity contribution is 5.49. The molecule has 4 heteroatoms. The third-order valence-corrected chi connectivity index (χ3v) is 2.88. The summed E-state index contributed by atoms with van der Waals surface area (Å²) in [6, 6.07) is 12.6. The molecule has 0 bridgehead atoms. The Morgan fingerprint density at radius 2 is 1.85 bits per heavy atom. The predicted octanol–water partition coefficient (Wildman–Crippen LogP) is 3.85. The summed E-state index contributed by atoms with van der Waals surface area (Å²) in [4.78, 5) is 0. The lowest BCUT2D eigenvalue weighted by atomic mass is 10.2. The number of rotatable bonds is 6. The maximum Gasteiger partial charge on any atom is 0.165 e. The van der Waals surface area contributed by atoms with Gasteiger partial charge in [0.2, 0.25) is 0 Å². The molecule has 20 heavy (non-hydrogen) atoms. The van der Waals surface area contributed by atoms with Crippen LogP contribution >= 0.6 is 0 Å². The van der Waals surface area contributed by atoms with Crippen molar-refractivity contribution in [3.8, 4) is 11.5 Å². The van der Waals surface area contributed by atoms with Crippen molar-refractivity contribution in [1.29, 1.82) is 0 Å². The molecule has 0 heterocycles. The average molecular weight is 275 g/mol. The summed E-state index contributed by atoms with van der Waals surface area (Å²) in [5.41, 5.74) is 1.94. The normalized spacial score (nSPS) is 10.2. The van der Waals surface area contributed by atoms with Crippen molar-refractivity contribution in [2.24, 2.45) is 0 Å². The van der Waals surface area contributed by atoms with Gasteiger partial charge < -0.3 is 14.8 Å². The summed E-state index contributed by atoms with van der Waals surface area (Å²) in [5.74, 6) is 0.737. The van der Waals surface area contributed by atoms with Gasteiger partial charge in [-0.15, -0.1) is 0 Å². The van der Waals surface area contributed by atoms with Crippen molar-refractivity contribution in [1.82, 2.24) is 0 Å². The summed E-state index contributed by atoms with van der Waals surface area (Å²) in [7, 11) is 1.45. The molecule has 0 atom stereocenters. The number of hydrogen-bond acceptors (Lipinski definition) is 3. The standard InChI is InChI=1S/C16H18FNO2/c1-3-20-14-7-4-12(5-8-14)11-18-13-6-9-15(17)16(10-13)19-2/h4-10,18H,3,11H2,1-2H3. The third-order valence-electron chi connectivity index (χ3n) is 2.88. The lowest BCUT2D eigenvalue weighted by molar-refractivity contribution is 0.340. The number of hydrogen-bond donors (Lipinski definition) is 1. The minimum atomic E-state index is -0.362. The Bertz CT molecular complexity index is 555. The number of anilines is 1. The summed E-state index contributed by atoms with van der Waals surface area (Å²) in [6.45, 7) is 3.27. The van der Waals surface area contributed by atoms with Gasteiger partial charge >= 0.3 is 0 Å². The maximum atomic E-state index is 13.3. The maximum absolute atomic E-state index is 13.3. The zero-order valence-electron chi connectivity index (χ0n) is 11.7. The summed E-state index contributed by atoms with van der Waals surface area (Å²) in [6.07, 6.45) is 0. The molecule has 0 fully saturated rings. The number of methoxy groups -OCH3 is 1. The first-order chi connectivity index (χ1) is 9.72. The van der Waals surface area contributed by atoms with Crippen molar-refractivity contribution in [3.63, 3.8) is 0 Å². The smallest absolute Gasteiger partial charge is 0.165 e. The second-order valence-electron chi connectivity index (χ2n) is 4.28. The first-order valence-corrected chi connectivity index (χ1v) is 6.52. The lowest BCUT2D eigenvalue weighted by Crippen LogP contribution is -2.00. The highest BCUT2D eigenvalue weighted by Gasteiger charge is 2.03. The van der Waals surface area contributed by atoms with Gasteiger partial charge in [0.1, 0.15) is 5.75 Å². The Hall–Kier alpha value is -2.23. The van der Waals surface area contributed by atoms with Gasteiger partial charge in [0.25, 0.3) is 0 Å². The van der Waals surface area contributed by atoms with E-state index in [1.807, 2.05) is 31.2 Å². The molecule has 1 N–H and O–H groups in total. The van der Waals surface area contributed by atoms with E-state index >= 15 is 0 Å². The van der Waals surface area contributed by atoms with Crippen LogP contribution in [0.15, 0.2) is 42.5 Å². The van der Waals surface area contributed by atoms with E-state index in [1.165, 1.54) is 13.2 Å². The molecule has 2 aromatic carbocycles. The van der Waals surface area contributed by atoms with E-state index in [-0.39, 0.29) is 11.6 Å². The van der Waals surface area contributed by atoms with Gasteiger partial charge in [0.15, 0.2) is 11.6 Å². The van der Waals surface area contributed by atoms with Crippen LogP contribution in [0.2, 0.25) is 0 Å². The zero-order chi connectivity index (χ0) is 14.4. The van der Waals surface area contributed by atoms with E-state index < -0.39 is 0 Å². The predicted molar refractivity (Wildman–Crippen MR) is 77.9 cm³/mol. The summed E-state index contributed by atoms with van der Waals surface area (Å²) < 4.78 is 23.6. The fraction of sp³-hybridized carbons (Fsp3) is 0.250. The molecule has 0 aromatic heterocycles. The van der Waals surface area contributed by atoms with E-state index in [1.54, 1.807) is 12.1 Å². The molecule has 0 saturated heterocycles. The molecule has 0 radical (unpaired) electrons. The molecule has 0 spiro atoms. The largest absolute Gasteiger partial charge is 0.494 e. The van der Waals surface area contributed by atoms with Gasteiger partial charge in [0.05, 0.1) is 13.7 Å². The van der Waals surface area contributed by atoms with Crippen LogP contribution < -0.4 is 14.8 Å². The Balaban J connectivity index is 1.97. The second kappa shape index (κ2) is 6.80. The average Bonchev–Trinajstić information content (AvgIpc) is 2.48. The summed E-state index contributed by atoms with van der Waals surface area (Å²) in [5, 5.41) is 3.23. The highest BCUT2D eigenvalue weighted by atomic mass is 19.1. The van der Waals surface area contributed by atoms with Crippen molar-refractivity contribution < 1.29 is 13.9 Å². The Labute approximate surface area is 118 Å². The van der Waals surface area contributed by atoms with Gasteiger partial charge in [-0.05, 0) is 36.8 Å². The number of benzene rings is 2. The Morgan fingerprint density at radius 1 is 1.10 bits per heavy atom. The molecule has 0 aliphatic carbocycles. The van der Waals surface area contributed by atoms with Crippen LogP contribution in [-0.4, -0.2) is 13.7 Å². The molecule has 3 nitrogen and oxygen atoms in total. The van der Waals surface area contributed by atoms with E-state index in [4.69, 9.17) is 9.47 Å². The molecule has 0 aliphatic rings. The summed E-state index contributed by atoms with van der Waals surface area (Å²) >= 11 is 0. The van der Waals surface area contributed by atoms with Crippen molar-refractivity contribution >= 4 is 5.69 Å². The Morgan fingerprint density at radius 3 is 2.50 bits per heavy atom.